The van der Waals surface area contributed by atoms with Crippen molar-refractivity contribution in [1.82, 2.24) is 0 Å². The highest BCUT2D eigenvalue weighted by molar-refractivity contribution is 6.31. The Balaban J connectivity index is 2.49. The third-order valence-corrected chi connectivity index (χ3v) is 2.69. The fourth-order valence-electron chi connectivity index (χ4n) is 1.53. The van der Waals surface area contributed by atoms with E-state index in [0.29, 0.717) is 5.56 Å². The summed E-state index contributed by atoms with van der Waals surface area (Å²) in [7, 11) is 0. The van der Waals surface area contributed by atoms with Crippen molar-refractivity contribution in [3.8, 4) is 0 Å². The zero-order valence-corrected chi connectivity index (χ0v) is 9.08. The Kier molecular flexibility index (Phi) is 2.35. The van der Waals surface area contributed by atoms with Gasteiger partial charge in [-0.15, -0.1) is 0 Å². The number of nitrogens with zero attached hydrogens (tertiary/aromatic N) is 1. The number of ether oxygens (including phenoxy) is 1. The van der Waals surface area contributed by atoms with Crippen molar-refractivity contribution < 1.29 is 13.9 Å². The number of hydrogen-bond donors (Lipinski definition) is 1. The molecule has 16 heavy (non-hydrogen) atoms. The highest BCUT2D eigenvalue weighted by Gasteiger charge is 2.44. The van der Waals surface area contributed by atoms with Crippen LogP contribution in [-0.2, 0) is 15.1 Å². The number of nitrogens with two attached hydrogens (primary N) is 1. The summed E-state index contributed by atoms with van der Waals surface area (Å²) in [5.74, 6) is -1.05. The molecular weight excluding hydrogens is 235 g/mol. The van der Waals surface area contributed by atoms with Gasteiger partial charge in [-0.3, -0.25) is 4.79 Å². The van der Waals surface area contributed by atoms with Crippen LogP contribution < -0.4 is 5.73 Å². The number of halogens is 2. The molecule has 0 bridgehead atoms. The monoisotopic (exact) mass is 242 g/mol. The molecule has 0 spiro atoms. The van der Waals surface area contributed by atoms with Crippen molar-refractivity contribution in [2.45, 2.75) is 12.5 Å². The molecule has 0 radical (unpaired) electrons. The SMILES string of the molecule is CC1(c2ccc(F)cc2Cl)OC(N)=NC1=O. The van der Waals surface area contributed by atoms with Crippen LogP contribution in [0.1, 0.15) is 12.5 Å². The maximum atomic E-state index is 12.9. The number of benzene rings is 1. The summed E-state index contributed by atoms with van der Waals surface area (Å²) in [6.45, 7) is 1.48. The molecule has 1 atom stereocenters. The quantitative estimate of drug-likeness (QED) is 0.813. The second-order valence-electron chi connectivity index (χ2n) is 3.51. The van der Waals surface area contributed by atoms with Crippen LogP contribution in [0.5, 0.6) is 0 Å². The smallest absolute Gasteiger partial charge is 0.298 e. The Morgan fingerprint density at radius 3 is 2.75 bits per heavy atom. The molecule has 0 saturated heterocycles. The molecule has 1 unspecified atom stereocenters. The standard InChI is InChI=1S/C10H8ClFN2O2/c1-10(8(15)14-9(13)16-10)6-3-2-5(12)4-7(6)11/h2-4H,1H3,(H2,13,14,15). The average Bonchev–Trinajstić information content (AvgIpc) is 2.40. The van der Waals surface area contributed by atoms with E-state index in [2.05, 4.69) is 4.99 Å². The van der Waals surface area contributed by atoms with Crippen LogP contribution in [0.3, 0.4) is 0 Å². The molecular formula is C10H8ClFN2O2. The highest BCUT2D eigenvalue weighted by Crippen LogP contribution is 2.35. The zero-order valence-electron chi connectivity index (χ0n) is 8.33. The van der Waals surface area contributed by atoms with Crippen molar-refractivity contribution in [1.29, 1.82) is 0 Å². The molecule has 1 amide bonds. The average molecular weight is 243 g/mol. The van der Waals surface area contributed by atoms with Crippen molar-refractivity contribution in [2.24, 2.45) is 10.7 Å². The van der Waals surface area contributed by atoms with Crippen molar-refractivity contribution in [3.63, 3.8) is 0 Å². The van der Waals surface area contributed by atoms with Gasteiger partial charge < -0.3 is 10.5 Å². The summed E-state index contributed by atoms with van der Waals surface area (Å²) < 4.78 is 18.0. The first-order valence-corrected chi connectivity index (χ1v) is 4.84. The number of hydrogen-bond acceptors (Lipinski definition) is 3. The minimum Gasteiger partial charge on any atom is -0.444 e. The zero-order chi connectivity index (χ0) is 11.9. The Morgan fingerprint density at radius 1 is 1.56 bits per heavy atom. The summed E-state index contributed by atoms with van der Waals surface area (Å²) in [6.07, 6.45) is 0. The second-order valence-corrected chi connectivity index (χ2v) is 3.92. The molecule has 1 aliphatic heterocycles. The predicted octanol–water partition coefficient (Wildman–Crippen LogP) is 1.57. The summed E-state index contributed by atoms with van der Waals surface area (Å²) in [4.78, 5) is 15.1. The molecule has 2 N–H and O–H groups in total. The number of carbonyl (C=O) groups excluding carboxylic acids is 1. The van der Waals surface area contributed by atoms with Crippen molar-refractivity contribution in [3.05, 3.63) is 34.6 Å². The topological polar surface area (TPSA) is 64.7 Å². The molecule has 4 nitrogen and oxygen atoms in total. The van der Waals surface area contributed by atoms with Gasteiger partial charge in [0.1, 0.15) is 5.82 Å². The third-order valence-electron chi connectivity index (χ3n) is 2.37. The minimum absolute atomic E-state index is 0.0979. The van der Waals surface area contributed by atoms with E-state index >= 15 is 0 Å². The van der Waals surface area contributed by atoms with Crippen LogP contribution in [0.15, 0.2) is 23.2 Å². The Bertz CT molecular complexity index is 504. The molecule has 0 aromatic heterocycles. The van der Waals surface area contributed by atoms with Gasteiger partial charge in [0.15, 0.2) is 0 Å². The van der Waals surface area contributed by atoms with Gasteiger partial charge in [-0.2, -0.15) is 4.99 Å². The van der Waals surface area contributed by atoms with Crippen LogP contribution in [-0.4, -0.2) is 11.9 Å². The normalized spacial score (nSPS) is 24.2. The van der Waals surface area contributed by atoms with Crippen LogP contribution in [0.4, 0.5) is 4.39 Å². The van der Waals surface area contributed by atoms with Gasteiger partial charge in [0.25, 0.3) is 11.9 Å². The highest BCUT2D eigenvalue weighted by atomic mass is 35.5. The predicted molar refractivity (Wildman–Crippen MR) is 56.5 cm³/mol. The molecule has 6 heteroatoms. The van der Waals surface area contributed by atoms with E-state index in [-0.39, 0.29) is 11.0 Å². The van der Waals surface area contributed by atoms with Gasteiger partial charge >= 0.3 is 0 Å². The molecule has 0 fully saturated rings. The number of rotatable bonds is 1. The van der Waals surface area contributed by atoms with Gasteiger partial charge in [-0.05, 0) is 19.1 Å². The first kappa shape index (κ1) is 10.9. The van der Waals surface area contributed by atoms with Crippen LogP contribution in [0, 0.1) is 5.82 Å². The lowest BCUT2D eigenvalue weighted by Crippen LogP contribution is -2.32. The summed E-state index contributed by atoms with van der Waals surface area (Å²) >= 11 is 5.85. The molecule has 0 aliphatic carbocycles. The van der Waals surface area contributed by atoms with Gasteiger partial charge in [0.05, 0.1) is 5.02 Å². The fourth-order valence-corrected chi connectivity index (χ4v) is 1.88. The maximum Gasteiger partial charge on any atom is 0.298 e. The fraction of sp³-hybridized carbons (Fsp3) is 0.200. The molecule has 1 aromatic carbocycles. The largest absolute Gasteiger partial charge is 0.444 e. The van der Waals surface area contributed by atoms with Gasteiger partial charge in [-0.1, -0.05) is 17.7 Å². The van der Waals surface area contributed by atoms with Gasteiger partial charge in [0.2, 0.25) is 5.60 Å². The third kappa shape index (κ3) is 1.53. The molecule has 1 aromatic rings. The Morgan fingerprint density at radius 2 is 2.25 bits per heavy atom. The maximum absolute atomic E-state index is 12.9. The van der Waals surface area contributed by atoms with E-state index in [9.17, 15) is 9.18 Å². The number of carbonyl (C=O) groups is 1. The van der Waals surface area contributed by atoms with Gasteiger partial charge in [-0.25, -0.2) is 4.39 Å². The lowest BCUT2D eigenvalue weighted by Gasteiger charge is -2.22. The van der Waals surface area contributed by atoms with Crippen molar-refractivity contribution in [2.75, 3.05) is 0 Å². The molecule has 1 aliphatic rings. The lowest BCUT2D eigenvalue weighted by molar-refractivity contribution is -0.130. The Labute approximate surface area is 95.9 Å². The van der Waals surface area contributed by atoms with Crippen LogP contribution in [0.25, 0.3) is 0 Å². The lowest BCUT2D eigenvalue weighted by atomic mass is 9.95. The molecule has 1 heterocycles. The Hall–Kier alpha value is -1.62. The van der Waals surface area contributed by atoms with Crippen LogP contribution >= 0.6 is 11.6 Å². The van der Waals surface area contributed by atoms with Crippen LogP contribution in [0.2, 0.25) is 5.02 Å². The first-order chi connectivity index (χ1) is 7.43. The van der Waals surface area contributed by atoms with E-state index in [1.54, 1.807) is 0 Å². The molecule has 84 valence electrons. The van der Waals surface area contributed by atoms with E-state index in [4.69, 9.17) is 22.1 Å². The summed E-state index contributed by atoms with van der Waals surface area (Å²) in [6, 6.07) is 3.46. The number of aliphatic imine (C=N–C) groups is 1. The molecule has 2 rings (SSSR count). The summed E-state index contributed by atoms with van der Waals surface area (Å²) in [5.41, 5.74) is 4.28. The van der Waals surface area contributed by atoms with E-state index < -0.39 is 17.3 Å². The first-order valence-electron chi connectivity index (χ1n) is 4.46. The molecule has 0 saturated carbocycles. The summed E-state index contributed by atoms with van der Waals surface area (Å²) in [5, 5.41) is 0.0979. The van der Waals surface area contributed by atoms with E-state index in [1.165, 1.54) is 19.1 Å². The van der Waals surface area contributed by atoms with Crippen molar-refractivity contribution >= 4 is 23.5 Å². The minimum atomic E-state index is -1.37. The van der Waals surface area contributed by atoms with E-state index in [0.717, 1.165) is 6.07 Å². The van der Waals surface area contributed by atoms with E-state index in [1.807, 2.05) is 0 Å². The second kappa shape index (κ2) is 3.45. The number of amides is 1. The van der Waals surface area contributed by atoms with Gasteiger partial charge in [0, 0.05) is 5.56 Å². The number of amidine groups is 1.